The van der Waals surface area contributed by atoms with E-state index >= 15 is 0 Å². The predicted molar refractivity (Wildman–Crippen MR) is 136 cm³/mol. The molecule has 4 nitrogen and oxygen atoms in total. The van der Waals surface area contributed by atoms with Crippen molar-refractivity contribution in [2.45, 2.75) is 36.9 Å². The molecule has 168 valence electrons. The molecule has 0 spiro atoms. The average Bonchev–Trinajstić information content (AvgIpc) is 2.67. The minimum Gasteiger partial charge on any atom is -0.147 e. The minimum atomic E-state index is -1.01. The standard InChI is InChI=1S/C24H28AsNO3.2ClH/c1-5-7-16-9-12-21(24(4,25)23(28)29)20(13-16)18-10-11-19(22(27)15(3)26)17(14-18)8-6-2;;/h5-6,9-15H,1-2,7-8,25-26H2,3-4H3,(H,28,29);2*1H. The number of carbonyl (C=O) groups excluding carboxylic acids is 1. The van der Waals surface area contributed by atoms with Gasteiger partial charge in [-0.05, 0) is 0 Å². The number of Topliss-reactive ketones (excluding diaryl/α,β-unsaturated/α-hetero) is 1. The third-order valence-electron chi connectivity index (χ3n) is 4.93. The number of nitrogens with two attached hydrogens (primary N) is 1. The van der Waals surface area contributed by atoms with E-state index in [1.165, 1.54) is 0 Å². The zero-order valence-electron chi connectivity index (χ0n) is 17.8. The number of carbonyl (C=O) groups is 2. The van der Waals surface area contributed by atoms with Crippen LogP contribution in [0.25, 0.3) is 11.1 Å². The molecule has 31 heavy (non-hydrogen) atoms. The van der Waals surface area contributed by atoms with Gasteiger partial charge in [0, 0.05) is 0 Å². The fourth-order valence-corrected chi connectivity index (χ4v) is 3.79. The van der Waals surface area contributed by atoms with Crippen LogP contribution in [-0.4, -0.2) is 39.8 Å². The van der Waals surface area contributed by atoms with Gasteiger partial charge in [-0.25, -0.2) is 0 Å². The van der Waals surface area contributed by atoms with E-state index < -0.39 is 16.2 Å². The van der Waals surface area contributed by atoms with Crippen LogP contribution in [0.5, 0.6) is 0 Å². The van der Waals surface area contributed by atoms with Gasteiger partial charge in [0.1, 0.15) is 0 Å². The number of ketones is 1. The first-order valence-corrected chi connectivity index (χ1v) is 10.6. The fourth-order valence-electron chi connectivity index (χ4n) is 3.26. The van der Waals surface area contributed by atoms with Crippen molar-refractivity contribution in [1.29, 1.82) is 0 Å². The third kappa shape index (κ3) is 6.57. The first-order valence-electron chi connectivity index (χ1n) is 9.44. The Hall–Kier alpha value is -1.84. The Labute approximate surface area is 205 Å². The number of hydrogen-bond donors (Lipinski definition) is 2. The minimum absolute atomic E-state index is 0. The van der Waals surface area contributed by atoms with Gasteiger partial charge in [0.25, 0.3) is 0 Å². The van der Waals surface area contributed by atoms with Crippen molar-refractivity contribution in [2.75, 3.05) is 0 Å². The van der Waals surface area contributed by atoms with Gasteiger partial charge in [0.15, 0.2) is 0 Å². The molecule has 0 aliphatic heterocycles. The van der Waals surface area contributed by atoms with Crippen LogP contribution in [0.4, 0.5) is 0 Å². The monoisotopic (exact) mass is 525 g/mol. The van der Waals surface area contributed by atoms with Crippen molar-refractivity contribution in [2.24, 2.45) is 5.73 Å². The Bertz CT molecular complexity index is 971. The molecule has 0 bridgehead atoms. The SMILES string of the molecule is C=CCc1ccc(C(C)([AsH2])C(=O)O)c(-c2ccc(C(=O)C(C)N)c(CC=C)c2)c1.Cl.Cl. The predicted octanol–water partition coefficient (Wildman–Crippen LogP) is 4.12. The van der Waals surface area contributed by atoms with Crippen LogP contribution in [0.2, 0.25) is 0 Å². The van der Waals surface area contributed by atoms with Crippen LogP contribution in [0, 0.1) is 0 Å². The van der Waals surface area contributed by atoms with E-state index in [2.05, 4.69) is 13.2 Å². The topological polar surface area (TPSA) is 80.4 Å². The third-order valence-corrected chi connectivity index (χ3v) is 6.10. The molecule has 2 aromatic rings. The van der Waals surface area contributed by atoms with Crippen LogP contribution in [0.3, 0.4) is 0 Å². The summed E-state index contributed by atoms with van der Waals surface area (Å²) in [5.41, 5.74) is 10.7. The maximum absolute atomic E-state index is 12.5. The molecule has 0 aromatic heterocycles. The van der Waals surface area contributed by atoms with Crippen molar-refractivity contribution in [3.8, 4) is 11.1 Å². The van der Waals surface area contributed by atoms with Crippen molar-refractivity contribution in [3.05, 3.63) is 84.0 Å². The van der Waals surface area contributed by atoms with E-state index in [0.29, 0.717) is 18.4 Å². The second-order valence-corrected chi connectivity index (χ2v) is 9.82. The van der Waals surface area contributed by atoms with Crippen molar-refractivity contribution < 1.29 is 14.7 Å². The number of carboxylic acids is 1. The Morgan fingerprint density at radius 3 is 2.26 bits per heavy atom. The molecule has 3 atom stereocenters. The van der Waals surface area contributed by atoms with Crippen LogP contribution >= 0.6 is 24.8 Å². The summed E-state index contributed by atoms with van der Waals surface area (Å²) >= 11 is 1.14. The smallest absolute Gasteiger partial charge is 0.147 e. The van der Waals surface area contributed by atoms with Gasteiger partial charge < -0.3 is 0 Å². The second kappa shape index (κ2) is 12.3. The van der Waals surface area contributed by atoms with E-state index in [-0.39, 0.29) is 30.6 Å². The molecule has 0 saturated heterocycles. The number of rotatable bonds is 9. The maximum Gasteiger partial charge on any atom is -0.147 e. The molecule has 0 fully saturated rings. The molecule has 7 heteroatoms. The van der Waals surface area contributed by atoms with Gasteiger partial charge in [0.2, 0.25) is 0 Å². The molecule has 2 aromatic carbocycles. The summed E-state index contributed by atoms with van der Waals surface area (Å²) in [7, 11) is 0. The molecule has 3 N–H and O–H groups in total. The van der Waals surface area contributed by atoms with E-state index in [0.717, 1.165) is 44.7 Å². The number of halogens is 2. The quantitative estimate of drug-likeness (QED) is 0.293. The Kier molecular flexibility index (Phi) is 11.5. The molecule has 0 saturated carbocycles. The zero-order valence-corrected chi connectivity index (χ0v) is 21.8. The Morgan fingerprint density at radius 2 is 1.74 bits per heavy atom. The first kappa shape index (κ1) is 29.2. The summed E-state index contributed by atoms with van der Waals surface area (Å²) in [6.07, 6.45) is 4.78. The molecule has 0 aliphatic carbocycles. The summed E-state index contributed by atoms with van der Waals surface area (Å²) < 4.78 is -1.01. The molecular weight excluding hydrogens is 496 g/mol. The van der Waals surface area contributed by atoms with Crippen LogP contribution < -0.4 is 5.73 Å². The molecule has 0 heterocycles. The van der Waals surface area contributed by atoms with Crippen molar-refractivity contribution in [1.82, 2.24) is 0 Å². The molecular formula is C24H30AsCl2NO3. The largest absolute Gasteiger partial charge is 0.147 e. The second-order valence-electron chi connectivity index (χ2n) is 7.40. The van der Waals surface area contributed by atoms with E-state index in [1.807, 2.05) is 36.4 Å². The molecule has 2 rings (SSSR count). The summed E-state index contributed by atoms with van der Waals surface area (Å²) in [6, 6.07) is 10.8. The van der Waals surface area contributed by atoms with Crippen molar-refractivity contribution in [3.63, 3.8) is 0 Å². The van der Waals surface area contributed by atoms with Gasteiger partial charge in [-0.15, -0.1) is 24.8 Å². The summed E-state index contributed by atoms with van der Waals surface area (Å²) in [6.45, 7) is 11.0. The summed E-state index contributed by atoms with van der Waals surface area (Å²) in [4.78, 5) is 24.4. The molecule has 3 unspecified atom stereocenters. The normalized spacial score (nSPS) is 13.0. The van der Waals surface area contributed by atoms with Crippen LogP contribution in [-0.2, 0) is 21.8 Å². The maximum atomic E-state index is 12.5. The van der Waals surface area contributed by atoms with Gasteiger partial charge >= 0.3 is 181 Å². The summed E-state index contributed by atoms with van der Waals surface area (Å²) in [5.74, 6) is -0.992. The van der Waals surface area contributed by atoms with E-state index in [9.17, 15) is 14.7 Å². The number of carboxylic acid groups (broad SMARTS) is 1. The number of aliphatic carboxylic acids is 1. The molecule has 0 radical (unpaired) electrons. The number of benzene rings is 2. The average molecular weight is 526 g/mol. The van der Waals surface area contributed by atoms with Gasteiger partial charge in [-0.1, -0.05) is 0 Å². The van der Waals surface area contributed by atoms with Gasteiger partial charge in [0.05, 0.1) is 0 Å². The molecule has 0 amide bonds. The van der Waals surface area contributed by atoms with Gasteiger partial charge in [-0.3, -0.25) is 0 Å². The van der Waals surface area contributed by atoms with Crippen LogP contribution in [0.15, 0.2) is 61.7 Å². The molecule has 0 aliphatic rings. The Morgan fingerprint density at radius 1 is 1.13 bits per heavy atom. The van der Waals surface area contributed by atoms with Gasteiger partial charge in [-0.2, -0.15) is 0 Å². The first-order chi connectivity index (χ1) is 13.6. The number of allylic oxidation sites excluding steroid dienone is 2. The fraction of sp³-hybridized carbons (Fsp3) is 0.250. The van der Waals surface area contributed by atoms with E-state index in [1.54, 1.807) is 26.0 Å². The number of hydrogen-bond acceptors (Lipinski definition) is 3. The Balaban J connectivity index is 0.00000450. The van der Waals surface area contributed by atoms with E-state index in [4.69, 9.17) is 5.73 Å². The summed E-state index contributed by atoms with van der Waals surface area (Å²) in [5, 5.41) is 9.78. The van der Waals surface area contributed by atoms with Crippen LogP contribution in [0.1, 0.15) is 40.9 Å². The van der Waals surface area contributed by atoms with Crippen molar-refractivity contribution >= 4 is 53.4 Å². The zero-order chi connectivity index (χ0) is 21.8.